The summed E-state index contributed by atoms with van der Waals surface area (Å²) in [6, 6.07) is 29.5. The Labute approximate surface area is 293 Å². The zero-order valence-corrected chi connectivity index (χ0v) is 29.0. The van der Waals surface area contributed by atoms with E-state index in [-0.39, 0.29) is 26.4 Å². The van der Waals surface area contributed by atoms with Gasteiger partial charge in [-0.05, 0) is 44.4 Å². The van der Waals surface area contributed by atoms with Crippen molar-refractivity contribution in [2.75, 3.05) is 13.2 Å². The van der Waals surface area contributed by atoms with Crippen molar-refractivity contribution in [2.24, 2.45) is 0 Å². The summed E-state index contributed by atoms with van der Waals surface area (Å²) in [4.78, 5) is 0. The van der Waals surface area contributed by atoms with Gasteiger partial charge in [-0.3, -0.25) is 0 Å². The van der Waals surface area contributed by atoms with E-state index in [0.717, 1.165) is 16.7 Å². The van der Waals surface area contributed by atoms with Crippen molar-refractivity contribution in [1.82, 2.24) is 0 Å². The number of ether oxygens (including phenoxy) is 10. The normalized spacial score (nSPS) is 34.3. The van der Waals surface area contributed by atoms with Crippen molar-refractivity contribution < 1.29 is 52.5 Å². The molecule has 7 rings (SSSR count). The fourth-order valence-electron chi connectivity index (χ4n) is 6.95. The van der Waals surface area contributed by atoms with E-state index >= 15 is 0 Å². The molecule has 0 aromatic heterocycles. The van der Waals surface area contributed by atoms with Crippen LogP contribution in [0.3, 0.4) is 0 Å². The predicted octanol–water partition coefficient (Wildman–Crippen LogP) is 4.87. The maximum Gasteiger partial charge on any atom is 0.190 e. The minimum Gasteiger partial charge on any atom is -0.387 e. The highest BCUT2D eigenvalue weighted by Crippen LogP contribution is 2.44. The van der Waals surface area contributed by atoms with Gasteiger partial charge in [0.05, 0.1) is 33.0 Å². The monoisotopic (exact) mass is 692 g/mol. The van der Waals surface area contributed by atoms with Crippen LogP contribution in [0, 0.1) is 0 Å². The topological polar surface area (TPSA) is 113 Å². The number of rotatable bonds is 13. The lowest BCUT2D eigenvalue weighted by Crippen LogP contribution is -2.62. The van der Waals surface area contributed by atoms with Crippen molar-refractivity contribution in [3.63, 3.8) is 0 Å². The van der Waals surface area contributed by atoms with Crippen LogP contribution in [0.2, 0.25) is 0 Å². The molecule has 0 aliphatic carbocycles. The first-order valence-electron chi connectivity index (χ1n) is 17.4. The highest BCUT2D eigenvalue weighted by atomic mass is 16.9. The van der Waals surface area contributed by atoms with Gasteiger partial charge in [-0.1, -0.05) is 91.0 Å². The molecule has 0 unspecified atom stereocenters. The van der Waals surface area contributed by atoms with Crippen LogP contribution < -0.4 is 0 Å². The van der Waals surface area contributed by atoms with Gasteiger partial charge in [0.25, 0.3) is 0 Å². The summed E-state index contributed by atoms with van der Waals surface area (Å²) in [6.07, 6.45) is -7.07. The number of fused-ring (bicyclic) bond motifs is 3. The summed E-state index contributed by atoms with van der Waals surface area (Å²) < 4.78 is 63.5. The molecule has 50 heavy (non-hydrogen) atoms. The molecule has 0 spiro atoms. The number of benzene rings is 3. The van der Waals surface area contributed by atoms with Crippen LogP contribution in [0.5, 0.6) is 0 Å². The molecule has 4 heterocycles. The second-order valence-corrected chi connectivity index (χ2v) is 14.1. The first-order valence-corrected chi connectivity index (χ1v) is 17.4. The minimum atomic E-state index is -1.08. The quantitative estimate of drug-likeness (QED) is 0.265. The summed E-state index contributed by atoms with van der Waals surface area (Å²) in [6.45, 7) is 8.46. The van der Waals surface area contributed by atoms with Crippen LogP contribution in [0.1, 0.15) is 44.4 Å². The second kappa shape index (κ2) is 15.4. The Balaban J connectivity index is 1.12. The van der Waals surface area contributed by atoms with Gasteiger partial charge >= 0.3 is 0 Å². The first kappa shape index (κ1) is 35.6. The van der Waals surface area contributed by atoms with E-state index in [2.05, 4.69) is 0 Å². The van der Waals surface area contributed by atoms with Crippen LogP contribution in [0.4, 0.5) is 0 Å². The molecule has 10 atom stereocenters. The zero-order chi connectivity index (χ0) is 34.7. The van der Waals surface area contributed by atoms with Crippen molar-refractivity contribution in [1.29, 1.82) is 0 Å². The van der Waals surface area contributed by atoms with Crippen LogP contribution >= 0.6 is 0 Å². The third-order valence-electron chi connectivity index (χ3n) is 9.26. The summed E-state index contributed by atoms with van der Waals surface area (Å²) in [5, 5.41) is 11.8. The molecule has 0 radical (unpaired) electrons. The van der Waals surface area contributed by atoms with Gasteiger partial charge in [-0.15, -0.1) is 0 Å². The van der Waals surface area contributed by atoms with E-state index in [1.54, 1.807) is 0 Å². The maximum absolute atomic E-state index is 11.8. The molecular weight excluding hydrogens is 644 g/mol. The molecular formula is C39H48O11. The van der Waals surface area contributed by atoms with Gasteiger partial charge in [0, 0.05) is 0 Å². The molecule has 4 aliphatic heterocycles. The highest BCUT2D eigenvalue weighted by molar-refractivity contribution is 5.15. The largest absolute Gasteiger partial charge is 0.387 e. The lowest BCUT2D eigenvalue weighted by Gasteiger charge is -2.45. The standard InChI is InChI=1S/C39H48O11/c1-38(2)47-31-29(46-37-35(33(31)48-38)49-39(3,4)50-37)24-44-36-34(43-22-27-18-12-7-13-19-27)32(42-21-26-16-10-6-11-17-26)30(40)28(45-36)23-41-20-25-14-8-5-9-15-25/h5-19,28-37,40H,20-24H2,1-4H3/t28-,29-,30+,31+,32+,33+,34-,35-,36-,37-/m1/s1. The van der Waals surface area contributed by atoms with Gasteiger partial charge in [0.1, 0.15) is 48.8 Å². The van der Waals surface area contributed by atoms with Crippen LogP contribution in [-0.2, 0) is 67.2 Å². The van der Waals surface area contributed by atoms with Crippen molar-refractivity contribution in [3.8, 4) is 0 Å². The van der Waals surface area contributed by atoms with Gasteiger partial charge < -0.3 is 52.5 Å². The molecule has 0 amide bonds. The van der Waals surface area contributed by atoms with Crippen molar-refractivity contribution in [3.05, 3.63) is 108 Å². The Hall–Kier alpha value is -2.78. The average molecular weight is 693 g/mol. The summed E-state index contributed by atoms with van der Waals surface area (Å²) >= 11 is 0. The van der Waals surface area contributed by atoms with E-state index in [0.29, 0.717) is 6.61 Å². The number of aliphatic hydroxyl groups is 1. The Morgan fingerprint density at radius 3 is 1.68 bits per heavy atom. The van der Waals surface area contributed by atoms with Crippen LogP contribution in [-0.4, -0.2) is 91.3 Å². The van der Waals surface area contributed by atoms with E-state index < -0.39 is 73.0 Å². The lowest BCUT2D eigenvalue weighted by atomic mass is 9.97. The van der Waals surface area contributed by atoms with Gasteiger partial charge in [-0.25, -0.2) is 0 Å². The SMILES string of the molecule is CC1(C)O[C@H]2[C@@H](O1)[C@@H](CO[C@@H]1O[C@H](COCc3ccccc3)[C@H](O)[C@H](OCc3ccccc3)[C@H]1OCc1ccccc1)O[C@@H]1OC(C)(C)O[C@@H]12. The molecule has 4 aliphatic rings. The molecule has 270 valence electrons. The number of aliphatic hydroxyl groups excluding tert-OH is 1. The van der Waals surface area contributed by atoms with E-state index in [4.69, 9.17) is 47.4 Å². The average Bonchev–Trinajstić information content (AvgIpc) is 3.61. The maximum atomic E-state index is 11.8. The van der Waals surface area contributed by atoms with Gasteiger partial charge in [0.2, 0.25) is 0 Å². The van der Waals surface area contributed by atoms with E-state index in [1.807, 2.05) is 119 Å². The zero-order valence-electron chi connectivity index (χ0n) is 29.0. The molecule has 0 bridgehead atoms. The van der Waals surface area contributed by atoms with E-state index in [1.165, 1.54) is 0 Å². The highest BCUT2D eigenvalue weighted by Gasteiger charge is 2.61. The lowest BCUT2D eigenvalue weighted by molar-refractivity contribution is -0.331. The van der Waals surface area contributed by atoms with Crippen LogP contribution in [0.15, 0.2) is 91.0 Å². The molecule has 3 aromatic rings. The van der Waals surface area contributed by atoms with Gasteiger partial charge in [0.15, 0.2) is 24.2 Å². The van der Waals surface area contributed by atoms with Crippen molar-refractivity contribution >= 4 is 0 Å². The Morgan fingerprint density at radius 1 is 0.540 bits per heavy atom. The molecule has 11 nitrogen and oxygen atoms in total. The molecule has 0 saturated carbocycles. The Kier molecular flexibility index (Phi) is 11.0. The third kappa shape index (κ3) is 8.46. The molecule has 4 saturated heterocycles. The summed E-state index contributed by atoms with van der Waals surface area (Å²) in [5.41, 5.74) is 2.93. The van der Waals surface area contributed by atoms with E-state index in [9.17, 15) is 5.11 Å². The molecule has 11 heteroatoms. The summed E-state index contributed by atoms with van der Waals surface area (Å²) in [7, 11) is 0. The fourth-order valence-corrected chi connectivity index (χ4v) is 6.95. The fraction of sp³-hybridized carbons (Fsp3) is 0.538. The van der Waals surface area contributed by atoms with Crippen LogP contribution in [0.25, 0.3) is 0 Å². The second-order valence-electron chi connectivity index (χ2n) is 14.1. The Bertz CT molecular complexity index is 1490. The smallest absolute Gasteiger partial charge is 0.190 e. The number of hydrogen-bond acceptors (Lipinski definition) is 11. The first-order chi connectivity index (χ1) is 24.1. The van der Waals surface area contributed by atoms with Crippen molar-refractivity contribution in [2.45, 2.75) is 121 Å². The molecule has 3 aromatic carbocycles. The summed E-state index contributed by atoms with van der Waals surface area (Å²) in [5.74, 6) is -1.70. The number of hydrogen-bond donors (Lipinski definition) is 1. The Morgan fingerprint density at radius 2 is 1.06 bits per heavy atom. The predicted molar refractivity (Wildman–Crippen MR) is 179 cm³/mol. The molecule has 4 fully saturated rings. The third-order valence-corrected chi connectivity index (χ3v) is 9.26. The van der Waals surface area contributed by atoms with Gasteiger partial charge in [-0.2, -0.15) is 0 Å². The molecule has 1 N–H and O–H groups in total. The minimum absolute atomic E-state index is 0.0581.